The van der Waals surface area contributed by atoms with Gasteiger partial charge < -0.3 is 4.74 Å². The number of benzene rings is 1. The van der Waals surface area contributed by atoms with Crippen molar-refractivity contribution < 1.29 is 13.5 Å². The van der Waals surface area contributed by atoms with Gasteiger partial charge in [-0.2, -0.15) is 5.26 Å². The maximum absolute atomic E-state index is 12.2. The normalized spacial score (nSPS) is 13.8. The van der Waals surface area contributed by atoms with Crippen LogP contribution in [0.5, 0.6) is 0 Å². The van der Waals surface area contributed by atoms with Crippen LogP contribution in [0.25, 0.3) is 0 Å². The van der Waals surface area contributed by atoms with Crippen LogP contribution in [-0.2, 0) is 9.53 Å². The highest BCUT2D eigenvalue weighted by Gasteiger charge is 2.34. The van der Waals surface area contributed by atoms with Gasteiger partial charge in [-0.05, 0) is 46.6 Å². The number of ether oxygens (including phenoxy) is 1. The Balaban J connectivity index is 2.53. The van der Waals surface area contributed by atoms with E-state index in [0.717, 1.165) is 5.56 Å². The van der Waals surface area contributed by atoms with Gasteiger partial charge in [0.15, 0.2) is 11.8 Å². The summed E-state index contributed by atoms with van der Waals surface area (Å²) in [6, 6.07) is 12.3. The molecule has 0 aliphatic heterocycles. The molecule has 1 aromatic carbocycles. The van der Waals surface area contributed by atoms with E-state index in [-0.39, 0.29) is 31.1 Å². The zero-order chi connectivity index (χ0) is 21.4. The Morgan fingerprint density at radius 1 is 1.29 bits per heavy atom. The second kappa shape index (κ2) is 11.2. The van der Waals surface area contributed by atoms with Crippen molar-refractivity contribution in [1.82, 2.24) is 0 Å². The van der Waals surface area contributed by atoms with E-state index in [0.29, 0.717) is 21.2 Å². The fourth-order valence-corrected chi connectivity index (χ4v) is 4.46. The number of nitriles is 1. The molecule has 0 fully saturated rings. The van der Waals surface area contributed by atoms with Crippen molar-refractivity contribution in [3.05, 3.63) is 35.9 Å². The maximum atomic E-state index is 12.2. The fraction of sp³-hybridized carbons (Fsp3) is 0.571. The molecule has 1 atom stereocenters. The Morgan fingerprint density at radius 3 is 2.36 bits per heavy atom. The summed E-state index contributed by atoms with van der Waals surface area (Å²) in [5, 5.41) is 9.60. The molecule has 0 saturated carbocycles. The number of quaternary nitrogens is 1. The number of carbonyl (C=O) groups is 1. The molecule has 0 radical (unpaired) electrons. The van der Waals surface area contributed by atoms with Gasteiger partial charge in [-0.3, -0.25) is 4.79 Å². The number of esters is 1. The molecule has 0 aromatic heterocycles. The lowest BCUT2D eigenvalue weighted by molar-refractivity contribution is -0.859. The molecule has 0 aliphatic rings. The Kier molecular flexibility index (Phi) is 9.92. The fourth-order valence-electron chi connectivity index (χ4n) is 2.79. The van der Waals surface area contributed by atoms with Crippen LogP contribution in [0.3, 0.4) is 0 Å². The van der Waals surface area contributed by atoms with Crippen LogP contribution in [0.2, 0.25) is 0 Å². The standard InChI is InChI=1S/C21H30ClN2O2S2/c1-16(2)24(22,17(3)4)13-14-26-19(25)11-12-21(5,15-23)28-20(27)18-9-7-6-8-10-18/h6-10,16-17H,11-14H2,1-5H3/q+1. The van der Waals surface area contributed by atoms with Gasteiger partial charge in [0.1, 0.15) is 30.0 Å². The number of halogens is 1. The molecule has 4 nitrogen and oxygen atoms in total. The van der Waals surface area contributed by atoms with E-state index in [1.54, 1.807) is 6.92 Å². The second-order valence-electron chi connectivity index (χ2n) is 7.56. The molecule has 7 heteroatoms. The SMILES string of the molecule is CC(C)[N+](Cl)(CCOC(=O)CCC(C)(C#N)SC(=S)c1ccccc1)C(C)C. The van der Waals surface area contributed by atoms with Crippen molar-refractivity contribution in [3.63, 3.8) is 0 Å². The van der Waals surface area contributed by atoms with Crippen LogP contribution in [0.4, 0.5) is 0 Å². The number of hydrogen-bond acceptors (Lipinski definition) is 5. The average Bonchev–Trinajstić information content (AvgIpc) is 2.66. The molecule has 0 amide bonds. The quantitative estimate of drug-likeness (QED) is 0.273. The smallest absolute Gasteiger partial charge is 0.306 e. The third kappa shape index (κ3) is 7.36. The van der Waals surface area contributed by atoms with Crippen molar-refractivity contribution in [2.75, 3.05) is 13.2 Å². The topological polar surface area (TPSA) is 50.1 Å². The highest BCUT2D eigenvalue weighted by Crippen LogP contribution is 2.33. The largest absolute Gasteiger partial charge is 0.460 e. The van der Waals surface area contributed by atoms with Crippen molar-refractivity contribution in [1.29, 1.82) is 5.26 Å². The summed E-state index contributed by atoms with van der Waals surface area (Å²) in [7, 11) is 0. The average molecular weight is 442 g/mol. The summed E-state index contributed by atoms with van der Waals surface area (Å²) in [4.78, 5) is 12.2. The summed E-state index contributed by atoms with van der Waals surface area (Å²) in [6.07, 6.45) is 0.537. The lowest BCUT2D eigenvalue weighted by Gasteiger charge is -2.36. The number of rotatable bonds is 10. The third-order valence-corrected chi connectivity index (χ3v) is 7.39. The zero-order valence-electron chi connectivity index (χ0n) is 17.3. The van der Waals surface area contributed by atoms with Gasteiger partial charge in [-0.15, -0.1) is 0 Å². The molecule has 0 N–H and O–H groups in total. The third-order valence-electron chi connectivity index (χ3n) is 4.78. The van der Waals surface area contributed by atoms with Gasteiger partial charge in [0, 0.05) is 6.42 Å². The van der Waals surface area contributed by atoms with E-state index in [4.69, 9.17) is 28.7 Å². The number of carbonyl (C=O) groups excluding carboxylic acids is 1. The van der Waals surface area contributed by atoms with Gasteiger partial charge >= 0.3 is 5.97 Å². The molecule has 28 heavy (non-hydrogen) atoms. The van der Waals surface area contributed by atoms with Crippen molar-refractivity contribution in [2.24, 2.45) is 0 Å². The molecule has 154 valence electrons. The molecule has 0 aliphatic carbocycles. The molecular weight excluding hydrogens is 412 g/mol. The molecule has 1 aromatic rings. The lowest BCUT2D eigenvalue weighted by Crippen LogP contribution is -2.51. The van der Waals surface area contributed by atoms with Gasteiger partial charge in [0.05, 0.1) is 10.3 Å². The van der Waals surface area contributed by atoms with Crippen LogP contribution in [0, 0.1) is 11.3 Å². The first kappa shape index (κ1) is 24.9. The summed E-state index contributed by atoms with van der Waals surface area (Å²) in [5.41, 5.74) is 0.908. The van der Waals surface area contributed by atoms with E-state index in [2.05, 4.69) is 33.8 Å². The Labute approximate surface area is 183 Å². The maximum Gasteiger partial charge on any atom is 0.306 e. The Bertz CT molecular complexity index is 696. The van der Waals surface area contributed by atoms with Crippen molar-refractivity contribution in [3.8, 4) is 6.07 Å². The first-order valence-corrected chi connectivity index (χ1v) is 11.0. The number of thiocarbonyl (C=S) groups is 1. The predicted molar refractivity (Wildman–Crippen MR) is 121 cm³/mol. The molecule has 0 bridgehead atoms. The molecule has 0 heterocycles. The number of hydrogen-bond donors (Lipinski definition) is 0. The van der Waals surface area contributed by atoms with Crippen LogP contribution < -0.4 is 0 Å². The van der Waals surface area contributed by atoms with E-state index in [1.807, 2.05) is 30.3 Å². The van der Waals surface area contributed by atoms with Gasteiger partial charge in [-0.1, -0.05) is 54.3 Å². The minimum absolute atomic E-state index is 0.167. The van der Waals surface area contributed by atoms with Crippen LogP contribution >= 0.6 is 35.8 Å². The van der Waals surface area contributed by atoms with Gasteiger partial charge in [0.25, 0.3) is 0 Å². The lowest BCUT2D eigenvalue weighted by atomic mass is 10.1. The summed E-state index contributed by atoms with van der Waals surface area (Å²) in [6.45, 7) is 10.8. The Hall–Kier alpha value is -1.13. The minimum Gasteiger partial charge on any atom is -0.460 e. The van der Waals surface area contributed by atoms with Crippen LogP contribution in [-0.4, -0.2) is 44.2 Å². The van der Waals surface area contributed by atoms with Gasteiger partial charge in [0.2, 0.25) is 0 Å². The van der Waals surface area contributed by atoms with Crippen molar-refractivity contribution in [2.45, 2.75) is 64.3 Å². The predicted octanol–water partition coefficient (Wildman–Crippen LogP) is 5.49. The van der Waals surface area contributed by atoms with Gasteiger partial charge in [-0.25, -0.2) is 4.00 Å². The summed E-state index contributed by atoms with van der Waals surface area (Å²) in [5.74, 6) is -0.316. The number of thioether (sulfide) groups is 1. The number of nitrogens with zero attached hydrogens (tertiary/aromatic N) is 2. The monoisotopic (exact) mass is 441 g/mol. The highest BCUT2D eigenvalue weighted by molar-refractivity contribution is 8.24. The van der Waals surface area contributed by atoms with Crippen LogP contribution in [0.15, 0.2) is 30.3 Å². The Morgan fingerprint density at radius 2 is 1.86 bits per heavy atom. The van der Waals surface area contributed by atoms with Crippen molar-refractivity contribution >= 4 is 45.9 Å². The van der Waals surface area contributed by atoms with E-state index < -0.39 is 4.75 Å². The molecule has 0 spiro atoms. The summed E-state index contributed by atoms with van der Waals surface area (Å²) >= 11 is 13.4. The zero-order valence-corrected chi connectivity index (χ0v) is 19.7. The molecule has 1 unspecified atom stereocenters. The summed E-state index contributed by atoms with van der Waals surface area (Å²) < 4.78 is 5.57. The molecular formula is C21H30ClN2O2S2+. The van der Waals surface area contributed by atoms with Crippen LogP contribution in [0.1, 0.15) is 53.0 Å². The highest BCUT2D eigenvalue weighted by atomic mass is 35.5. The van der Waals surface area contributed by atoms with E-state index in [9.17, 15) is 10.1 Å². The minimum atomic E-state index is -0.784. The molecule has 0 saturated heterocycles. The van der Waals surface area contributed by atoms with E-state index >= 15 is 0 Å². The second-order valence-corrected chi connectivity index (χ2v) is 10.4. The first-order chi connectivity index (χ1) is 13.0. The molecule has 1 rings (SSSR count). The first-order valence-electron chi connectivity index (χ1n) is 9.46. The van der Waals surface area contributed by atoms with E-state index in [1.165, 1.54) is 11.8 Å².